The van der Waals surface area contributed by atoms with Gasteiger partial charge >= 0.3 is 12.1 Å². The molecule has 0 aromatic heterocycles. The zero-order chi connectivity index (χ0) is 33.7. The molecular weight excluding hydrogens is 603 g/mol. The van der Waals surface area contributed by atoms with Crippen molar-refractivity contribution in [2.24, 2.45) is 17.8 Å². The van der Waals surface area contributed by atoms with Gasteiger partial charge in [0.2, 0.25) is 5.91 Å². The smallest absolute Gasteiger partial charge is 0.410 e. The minimum absolute atomic E-state index is 0.0746. The molecule has 258 valence electrons. The fourth-order valence-corrected chi connectivity index (χ4v) is 6.61. The Bertz CT molecular complexity index is 1330. The topological polar surface area (TPSA) is 103 Å². The minimum Gasteiger partial charge on any atom is -0.457 e. The number of nitrogens with zero attached hydrogens (tertiary/aromatic N) is 4. The number of piperazine rings is 2. The molecule has 5 rings (SSSR count). The number of halogens is 1. The average Bonchev–Trinajstić information content (AvgIpc) is 3.89. The summed E-state index contributed by atoms with van der Waals surface area (Å²) < 4.78 is 26.9. The lowest BCUT2D eigenvalue weighted by Gasteiger charge is -2.36. The van der Waals surface area contributed by atoms with Gasteiger partial charge in [-0.25, -0.2) is 9.18 Å². The van der Waals surface area contributed by atoms with E-state index in [-0.39, 0.29) is 42.0 Å². The van der Waals surface area contributed by atoms with E-state index in [1.165, 1.54) is 12.1 Å². The third-order valence-corrected chi connectivity index (χ3v) is 9.89. The highest BCUT2D eigenvalue weighted by molar-refractivity contribution is 5.81. The summed E-state index contributed by atoms with van der Waals surface area (Å²) in [7, 11) is 2.03. The zero-order valence-electron chi connectivity index (χ0n) is 28.3. The van der Waals surface area contributed by atoms with E-state index in [1.807, 2.05) is 57.0 Å². The van der Waals surface area contributed by atoms with Crippen molar-refractivity contribution in [2.75, 3.05) is 64.3 Å². The Hall–Kier alpha value is -3.44. The highest BCUT2D eigenvalue weighted by Crippen LogP contribution is 2.32. The van der Waals surface area contributed by atoms with Crippen LogP contribution in [0.3, 0.4) is 0 Å². The standard InChI is InChI=1S/C36H51FN4O6/c1-24-5-9-31(42)23-33(43)47-34(25(2)6-10-32(24)46-36(45)41-13-11-38(4)12-14-41)26(3)19-27-20-29(37)22-30(21-27)39-15-17-40(18-16-39)35(44)28-7-8-28/h6,10,19-22,24-25,28,31-32,34,42H,5,7-9,11-18,23H2,1-4H3/b10-6+,26-19+/t24-,25-,31+,32+,34-/m0/s1. The van der Waals surface area contributed by atoms with Crippen LogP contribution in [0.1, 0.15) is 58.4 Å². The van der Waals surface area contributed by atoms with Gasteiger partial charge in [0.1, 0.15) is 18.0 Å². The number of hydrogen-bond donors (Lipinski definition) is 1. The predicted octanol–water partition coefficient (Wildman–Crippen LogP) is 4.33. The first-order valence-corrected chi connectivity index (χ1v) is 17.2. The summed E-state index contributed by atoms with van der Waals surface area (Å²) in [5, 5.41) is 10.6. The van der Waals surface area contributed by atoms with Crippen molar-refractivity contribution in [2.45, 2.75) is 71.2 Å². The first kappa shape index (κ1) is 34.9. The highest BCUT2D eigenvalue weighted by atomic mass is 19.1. The SMILES string of the molecule is C/C(=C\c1cc(F)cc(N2CCN(C(=O)C3CC3)CC2)c1)[C@H]1OC(=O)C[C@H](O)CC[C@H](C)[C@H](OC(=O)N2CCN(C)CC2)/C=C/[C@@H]1C. The van der Waals surface area contributed by atoms with Crippen LogP contribution in [0.15, 0.2) is 35.9 Å². The quantitative estimate of drug-likeness (QED) is 0.370. The van der Waals surface area contributed by atoms with E-state index in [4.69, 9.17) is 9.47 Å². The normalized spacial score (nSPS) is 29.4. The van der Waals surface area contributed by atoms with Crippen LogP contribution in [0.5, 0.6) is 0 Å². The van der Waals surface area contributed by atoms with Gasteiger partial charge in [0, 0.05) is 69.9 Å². The number of esters is 1. The molecule has 5 atom stereocenters. The summed E-state index contributed by atoms with van der Waals surface area (Å²) in [4.78, 5) is 46.4. The average molecular weight is 655 g/mol. The number of rotatable bonds is 5. The van der Waals surface area contributed by atoms with E-state index in [0.717, 1.165) is 37.2 Å². The second kappa shape index (κ2) is 15.6. The highest BCUT2D eigenvalue weighted by Gasteiger charge is 2.35. The number of aliphatic hydroxyl groups is 1. The first-order valence-electron chi connectivity index (χ1n) is 17.2. The maximum Gasteiger partial charge on any atom is 0.410 e. The monoisotopic (exact) mass is 654 g/mol. The maximum absolute atomic E-state index is 14.9. The molecular formula is C36H51FN4O6. The molecule has 11 heteroatoms. The Morgan fingerprint density at radius 2 is 1.62 bits per heavy atom. The van der Waals surface area contributed by atoms with Crippen molar-refractivity contribution in [3.8, 4) is 0 Å². The molecule has 3 aliphatic heterocycles. The van der Waals surface area contributed by atoms with E-state index in [2.05, 4.69) is 9.80 Å². The van der Waals surface area contributed by atoms with Crippen molar-refractivity contribution in [3.63, 3.8) is 0 Å². The molecule has 0 spiro atoms. The second-order valence-corrected chi connectivity index (χ2v) is 13.9. The molecule has 47 heavy (non-hydrogen) atoms. The minimum atomic E-state index is -0.881. The van der Waals surface area contributed by atoms with Crippen molar-refractivity contribution in [3.05, 3.63) is 47.3 Å². The molecule has 0 radical (unpaired) electrons. The number of benzene rings is 1. The van der Waals surface area contributed by atoms with Crippen LogP contribution >= 0.6 is 0 Å². The van der Waals surface area contributed by atoms with E-state index < -0.39 is 24.3 Å². The van der Waals surface area contributed by atoms with Gasteiger partial charge in [-0.05, 0) is 81.0 Å². The van der Waals surface area contributed by atoms with E-state index in [0.29, 0.717) is 57.7 Å². The number of cyclic esters (lactones) is 1. The van der Waals surface area contributed by atoms with Gasteiger partial charge < -0.3 is 34.2 Å². The molecule has 10 nitrogen and oxygen atoms in total. The van der Waals surface area contributed by atoms with Crippen LogP contribution in [-0.4, -0.2) is 115 Å². The van der Waals surface area contributed by atoms with Gasteiger partial charge in [-0.3, -0.25) is 9.59 Å². The Labute approximate surface area is 278 Å². The largest absolute Gasteiger partial charge is 0.457 e. The van der Waals surface area contributed by atoms with Crippen LogP contribution in [0.2, 0.25) is 0 Å². The molecule has 3 fully saturated rings. The van der Waals surface area contributed by atoms with Gasteiger partial charge in [-0.15, -0.1) is 0 Å². The van der Waals surface area contributed by atoms with Gasteiger partial charge in [0.05, 0.1) is 12.5 Å². The summed E-state index contributed by atoms with van der Waals surface area (Å²) in [6.45, 7) is 11.1. The third-order valence-electron chi connectivity index (χ3n) is 9.89. The number of likely N-dealkylation sites (N-methyl/N-ethyl adjacent to an activating group) is 1. The number of amides is 2. The lowest BCUT2D eigenvalue weighted by Crippen LogP contribution is -2.49. The number of hydrogen-bond acceptors (Lipinski definition) is 8. The molecule has 1 aromatic carbocycles. The molecule has 1 aliphatic carbocycles. The lowest BCUT2D eigenvalue weighted by atomic mass is 9.91. The van der Waals surface area contributed by atoms with Gasteiger partial charge in [0.15, 0.2) is 0 Å². The van der Waals surface area contributed by atoms with E-state index >= 15 is 0 Å². The van der Waals surface area contributed by atoms with E-state index in [9.17, 15) is 23.9 Å². The van der Waals surface area contributed by atoms with Crippen molar-refractivity contribution in [1.29, 1.82) is 0 Å². The van der Waals surface area contributed by atoms with Crippen LogP contribution in [-0.2, 0) is 19.1 Å². The van der Waals surface area contributed by atoms with E-state index in [1.54, 1.807) is 4.90 Å². The fourth-order valence-electron chi connectivity index (χ4n) is 6.61. The Kier molecular flexibility index (Phi) is 11.6. The number of aliphatic hydroxyl groups excluding tert-OH is 1. The predicted molar refractivity (Wildman–Crippen MR) is 178 cm³/mol. The fraction of sp³-hybridized carbons (Fsp3) is 0.639. The molecule has 1 N–H and O–H groups in total. The first-order chi connectivity index (χ1) is 22.5. The van der Waals surface area contributed by atoms with Crippen LogP contribution in [0.4, 0.5) is 14.9 Å². The van der Waals surface area contributed by atoms with Crippen molar-refractivity contribution in [1.82, 2.24) is 14.7 Å². The summed E-state index contributed by atoms with van der Waals surface area (Å²) in [6.07, 6.45) is 5.97. The molecule has 2 saturated heterocycles. The lowest BCUT2D eigenvalue weighted by molar-refractivity contribution is -0.151. The molecule has 4 aliphatic rings. The number of carbonyl (C=O) groups is 3. The summed E-state index contributed by atoms with van der Waals surface area (Å²) in [5.74, 6) is -0.820. The zero-order valence-corrected chi connectivity index (χ0v) is 28.3. The van der Waals surface area contributed by atoms with Crippen molar-refractivity contribution >= 4 is 29.7 Å². The third kappa shape index (κ3) is 9.56. The summed E-state index contributed by atoms with van der Waals surface area (Å²) in [6, 6.07) is 4.89. The maximum atomic E-state index is 14.9. The molecule has 1 saturated carbocycles. The Morgan fingerprint density at radius 3 is 2.30 bits per heavy atom. The molecule has 2 amide bonds. The summed E-state index contributed by atoms with van der Waals surface area (Å²) in [5.41, 5.74) is 2.10. The van der Waals surface area contributed by atoms with Crippen LogP contribution < -0.4 is 4.90 Å². The number of ether oxygens (including phenoxy) is 2. The van der Waals surface area contributed by atoms with Crippen LogP contribution in [0.25, 0.3) is 6.08 Å². The van der Waals surface area contributed by atoms with Crippen molar-refractivity contribution < 1.29 is 33.4 Å². The number of anilines is 1. The van der Waals surface area contributed by atoms with Gasteiger partial charge in [-0.1, -0.05) is 26.0 Å². The molecule has 1 aromatic rings. The Morgan fingerprint density at radius 1 is 0.936 bits per heavy atom. The number of carbonyl (C=O) groups excluding carboxylic acids is 3. The van der Waals surface area contributed by atoms with Crippen LogP contribution in [0, 0.1) is 23.6 Å². The molecule has 0 unspecified atom stereocenters. The summed E-state index contributed by atoms with van der Waals surface area (Å²) >= 11 is 0. The molecule has 0 bridgehead atoms. The molecule has 3 heterocycles. The van der Waals surface area contributed by atoms with Gasteiger partial charge in [0.25, 0.3) is 0 Å². The Balaban J connectivity index is 1.32. The second-order valence-electron chi connectivity index (χ2n) is 13.9. The van der Waals surface area contributed by atoms with Gasteiger partial charge in [-0.2, -0.15) is 0 Å².